The average molecular weight is 238 g/mol. The molecule has 2 aliphatic rings. The molecule has 1 aliphatic carbocycles. The van der Waals surface area contributed by atoms with E-state index in [0.717, 1.165) is 25.7 Å². The fourth-order valence-corrected chi connectivity index (χ4v) is 2.99. The Hall–Kier alpha value is -1.06. The maximum Gasteiger partial charge on any atom is 0.223 e. The summed E-state index contributed by atoms with van der Waals surface area (Å²) in [6.45, 7) is 0.367. The summed E-state index contributed by atoms with van der Waals surface area (Å²) in [5.41, 5.74) is 0. The number of amides is 1. The van der Waals surface area contributed by atoms with E-state index in [4.69, 9.17) is 0 Å². The second kappa shape index (κ2) is 5.52. The second-order valence-electron chi connectivity index (χ2n) is 5.27. The Morgan fingerprint density at radius 1 is 1.12 bits per heavy atom. The van der Waals surface area contributed by atoms with Crippen molar-refractivity contribution in [3.05, 3.63) is 0 Å². The molecule has 0 radical (unpaired) electrons. The Bertz CT molecular complexity index is 295. The minimum atomic E-state index is -1.08. The first-order valence-electron chi connectivity index (χ1n) is 6.69. The molecule has 1 atom stereocenters. The Morgan fingerprint density at radius 2 is 1.71 bits per heavy atom. The quantitative estimate of drug-likeness (QED) is 0.711. The van der Waals surface area contributed by atoms with Gasteiger partial charge in [0.05, 0.1) is 0 Å². The van der Waals surface area contributed by atoms with Gasteiger partial charge in [-0.2, -0.15) is 0 Å². The number of carbonyl (C=O) groups excluding carboxylic acids is 2. The highest BCUT2D eigenvalue weighted by Crippen LogP contribution is 2.27. The molecule has 1 unspecified atom stereocenters. The zero-order chi connectivity index (χ0) is 12.3. The van der Waals surface area contributed by atoms with Gasteiger partial charge in [0.25, 0.3) is 0 Å². The zero-order valence-electron chi connectivity index (χ0n) is 10.2. The summed E-state index contributed by atoms with van der Waals surface area (Å²) in [5.74, 6) is -1.66. The van der Waals surface area contributed by atoms with E-state index in [-0.39, 0.29) is 18.4 Å². The number of aliphatic carboxylic acids is 1. The van der Waals surface area contributed by atoms with Gasteiger partial charge in [-0.15, -0.1) is 0 Å². The highest BCUT2D eigenvalue weighted by molar-refractivity contribution is 5.85. The SMILES string of the molecule is O=C([O-])C1CC(=O)N(C2CCCCCCC2)C1. The van der Waals surface area contributed by atoms with Crippen LogP contribution in [0, 0.1) is 5.92 Å². The van der Waals surface area contributed by atoms with E-state index >= 15 is 0 Å². The zero-order valence-corrected chi connectivity index (χ0v) is 10.2. The smallest absolute Gasteiger partial charge is 0.223 e. The van der Waals surface area contributed by atoms with E-state index in [1.165, 1.54) is 19.3 Å². The van der Waals surface area contributed by atoms with Crippen LogP contribution in [0.1, 0.15) is 51.4 Å². The molecule has 0 aromatic rings. The first-order valence-corrected chi connectivity index (χ1v) is 6.69. The van der Waals surface area contributed by atoms with Gasteiger partial charge >= 0.3 is 0 Å². The second-order valence-corrected chi connectivity index (χ2v) is 5.27. The van der Waals surface area contributed by atoms with Crippen LogP contribution in [-0.2, 0) is 9.59 Å². The fourth-order valence-electron chi connectivity index (χ4n) is 2.99. The minimum absolute atomic E-state index is 0.00442. The van der Waals surface area contributed by atoms with Gasteiger partial charge in [-0.05, 0) is 12.8 Å². The molecular weight excluding hydrogens is 218 g/mol. The predicted octanol–water partition coefficient (Wildman–Crippen LogP) is 0.698. The van der Waals surface area contributed by atoms with Crippen molar-refractivity contribution in [2.45, 2.75) is 57.4 Å². The van der Waals surface area contributed by atoms with Crippen molar-refractivity contribution in [2.24, 2.45) is 5.92 Å². The number of likely N-dealkylation sites (tertiary alicyclic amines) is 1. The molecule has 96 valence electrons. The lowest BCUT2D eigenvalue weighted by Gasteiger charge is -2.30. The van der Waals surface area contributed by atoms with E-state index < -0.39 is 11.9 Å². The van der Waals surface area contributed by atoms with Gasteiger partial charge in [0.2, 0.25) is 5.91 Å². The molecule has 1 saturated carbocycles. The van der Waals surface area contributed by atoms with Crippen molar-refractivity contribution in [3.63, 3.8) is 0 Å². The molecule has 1 amide bonds. The topological polar surface area (TPSA) is 60.4 Å². The van der Waals surface area contributed by atoms with Gasteiger partial charge in [0.15, 0.2) is 0 Å². The number of nitrogens with zero attached hydrogens (tertiary/aromatic N) is 1. The highest BCUT2D eigenvalue weighted by atomic mass is 16.4. The van der Waals surface area contributed by atoms with Crippen molar-refractivity contribution in [1.29, 1.82) is 0 Å². The number of carbonyl (C=O) groups is 2. The number of hydrogen-bond acceptors (Lipinski definition) is 3. The average Bonchev–Trinajstić information content (AvgIpc) is 2.60. The standard InChI is InChI=1S/C13H21NO3/c15-12-8-10(13(16)17)9-14(12)11-6-4-2-1-3-5-7-11/h10-11H,1-9H2,(H,16,17)/p-1. The van der Waals surface area contributed by atoms with E-state index in [2.05, 4.69) is 0 Å². The summed E-state index contributed by atoms with van der Waals surface area (Å²) in [6.07, 6.45) is 8.29. The third-order valence-electron chi connectivity index (χ3n) is 4.01. The Labute approximate surface area is 102 Å². The van der Waals surface area contributed by atoms with Crippen LogP contribution in [0.15, 0.2) is 0 Å². The van der Waals surface area contributed by atoms with Crippen molar-refractivity contribution in [2.75, 3.05) is 6.54 Å². The predicted molar refractivity (Wildman–Crippen MR) is 60.9 cm³/mol. The first-order chi connectivity index (χ1) is 8.18. The molecule has 17 heavy (non-hydrogen) atoms. The molecule has 4 heteroatoms. The van der Waals surface area contributed by atoms with E-state index in [0.29, 0.717) is 6.54 Å². The van der Waals surface area contributed by atoms with Crippen LogP contribution in [-0.4, -0.2) is 29.4 Å². The van der Waals surface area contributed by atoms with E-state index in [9.17, 15) is 14.7 Å². The molecule has 4 nitrogen and oxygen atoms in total. The largest absolute Gasteiger partial charge is 0.550 e. The van der Waals surface area contributed by atoms with Crippen LogP contribution >= 0.6 is 0 Å². The van der Waals surface area contributed by atoms with Gasteiger partial charge in [-0.25, -0.2) is 0 Å². The summed E-state index contributed by atoms with van der Waals surface area (Å²) in [4.78, 5) is 24.4. The molecule has 1 aliphatic heterocycles. The molecule has 2 rings (SSSR count). The van der Waals surface area contributed by atoms with Crippen LogP contribution < -0.4 is 5.11 Å². The molecule has 0 N–H and O–H groups in total. The van der Waals surface area contributed by atoms with Crippen LogP contribution in [0.4, 0.5) is 0 Å². The Balaban J connectivity index is 1.95. The number of carboxylic acids is 1. The van der Waals surface area contributed by atoms with E-state index in [1.807, 2.05) is 0 Å². The Morgan fingerprint density at radius 3 is 2.24 bits per heavy atom. The summed E-state index contributed by atoms with van der Waals surface area (Å²) < 4.78 is 0. The molecule has 0 aromatic heterocycles. The van der Waals surface area contributed by atoms with Gasteiger partial charge in [0.1, 0.15) is 0 Å². The molecule has 2 fully saturated rings. The van der Waals surface area contributed by atoms with Crippen molar-refractivity contribution in [3.8, 4) is 0 Å². The molecule has 0 aromatic carbocycles. The molecule has 1 saturated heterocycles. The van der Waals surface area contributed by atoms with Gasteiger partial charge in [-0.3, -0.25) is 4.79 Å². The van der Waals surface area contributed by atoms with Crippen LogP contribution in [0.5, 0.6) is 0 Å². The lowest BCUT2D eigenvalue weighted by Crippen LogP contribution is -2.39. The Kier molecular flexibility index (Phi) is 4.02. The normalized spacial score (nSPS) is 27.9. The maximum atomic E-state index is 11.8. The fraction of sp³-hybridized carbons (Fsp3) is 0.846. The summed E-state index contributed by atoms with van der Waals surface area (Å²) >= 11 is 0. The summed E-state index contributed by atoms with van der Waals surface area (Å²) in [5, 5.41) is 10.8. The maximum absolute atomic E-state index is 11.8. The molecule has 0 bridgehead atoms. The minimum Gasteiger partial charge on any atom is -0.550 e. The number of rotatable bonds is 2. The van der Waals surface area contributed by atoms with Crippen molar-refractivity contribution in [1.82, 2.24) is 4.90 Å². The number of hydrogen-bond donors (Lipinski definition) is 0. The lowest BCUT2D eigenvalue weighted by molar-refractivity contribution is -0.311. The van der Waals surface area contributed by atoms with Gasteiger partial charge in [0, 0.05) is 30.9 Å². The third kappa shape index (κ3) is 2.99. The third-order valence-corrected chi connectivity index (χ3v) is 4.01. The van der Waals surface area contributed by atoms with Crippen LogP contribution in [0.2, 0.25) is 0 Å². The van der Waals surface area contributed by atoms with Crippen LogP contribution in [0.3, 0.4) is 0 Å². The summed E-state index contributed by atoms with van der Waals surface area (Å²) in [6, 6.07) is 0.271. The van der Waals surface area contributed by atoms with Crippen molar-refractivity contribution >= 4 is 11.9 Å². The van der Waals surface area contributed by atoms with Crippen molar-refractivity contribution < 1.29 is 14.7 Å². The lowest BCUT2D eigenvalue weighted by atomic mass is 9.96. The monoisotopic (exact) mass is 238 g/mol. The molecule has 0 spiro atoms. The molecular formula is C13H20NO3-. The summed E-state index contributed by atoms with van der Waals surface area (Å²) in [7, 11) is 0. The first kappa shape index (κ1) is 12.4. The molecule has 1 heterocycles. The highest BCUT2D eigenvalue weighted by Gasteiger charge is 2.34. The van der Waals surface area contributed by atoms with Crippen LogP contribution in [0.25, 0.3) is 0 Å². The van der Waals surface area contributed by atoms with E-state index in [1.54, 1.807) is 4.90 Å². The van der Waals surface area contributed by atoms with Gasteiger partial charge < -0.3 is 14.8 Å². The number of carboxylic acid groups (broad SMARTS) is 1. The van der Waals surface area contributed by atoms with Gasteiger partial charge in [-0.1, -0.05) is 32.1 Å².